The molecular weight excluding hydrogens is 282 g/mol. The molecule has 0 aliphatic carbocycles. The van der Waals surface area contributed by atoms with Gasteiger partial charge in [0.2, 0.25) is 0 Å². The maximum Gasteiger partial charge on any atom is 0.328 e. The van der Waals surface area contributed by atoms with Crippen LogP contribution in [0.3, 0.4) is 0 Å². The number of carbonyl (C=O) groups is 1. The van der Waals surface area contributed by atoms with Gasteiger partial charge in [0, 0.05) is 18.2 Å². The SMILES string of the molecule is CC/C(=C\C(=O)O)c1ccc(-c2cccc([N+](=O)[O-])c2)cc1. The number of hydrogen-bond acceptors (Lipinski definition) is 3. The molecule has 0 saturated heterocycles. The van der Waals surface area contributed by atoms with E-state index in [2.05, 4.69) is 0 Å². The first-order chi connectivity index (χ1) is 10.5. The molecule has 22 heavy (non-hydrogen) atoms. The third-order valence-electron chi connectivity index (χ3n) is 3.32. The Bertz CT molecular complexity index is 733. The van der Waals surface area contributed by atoms with Crippen LogP contribution in [0.4, 0.5) is 5.69 Å². The van der Waals surface area contributed by atoms with Gasteiger partial charge in [0.05, 0.1) is 4.92 Å². The van der Waals surface area contributed by atoms with E-state index in [1.54, 1.807) is 12.1 Å². The Balaban J connectivity index is 2.34. The number of nitro groups is 1. The molecule has 0 heterocycles. The molecule has 2 aromatic rings. The van der Waals surface area contributed by atoms with Crippen molar-refractivity contribution >= 4 is 17.2 Å². The largest absolute Gasteiger partial charge is 0.478 e. The van der Waals surface area contributed by atoms with Gasteiger partial charge in [-0.2, -0.15) is 0 Å². The fourth-order valence-electron chi connectivity index (χ4n) is 2.21. The number of nitrogens with zero attached hydrogens (tertiary/aromatic N) is 1. The van der Waals surface area contributed by atoms with E-state index in [9.17, 15) is 14.9 Å². The van der Waals surface area contributed by atoms with Gasteiger partial charge in [0.15, 0.2) is 0 Å². The lowest BCUT2D eigenvalue weighted by atomic mass is 9.98. The standard InChI is InChI=1S/C17H15NO4/c1-2-12(11-17(19)20)13-6-8-14(9-7-13)15-4-3-5-16(10-15)18(21)22/h3-11H,2H2,1H3,(H,19,20)/b12-11+. The highest BCUT2D eigenvalue weighted by molar-refractivity contribution is 5.90. The Labute approximate surface area is 127 Å². The van der Waals surface area contributed by atoms with E-state index in [-0.39, 0.29) is 5.69 Å². The zero-order valence-corrected chi connectivity index (χ0v) is 12.0. The minimum absolute atomic E-state index is 0.0431. The van der Waals surface area contributed by atoms with Crippen molar-refractivity contribution in [3.05, 3.63) is 70.3 Å². The lowest BCUT2D eigenvalue weighted by Gasteiger charge is -2.06. The van der Waals surface area contributed by atoms with E-state index in [1.165, 1.54) is 18.2 Å². The second-order valence-electron chi connectivity index (χ2n) is 4.75. The minimum atomic E-state index is -0.973. The zero-order chi connectivity index (χ0) is 16.1. The van der Waals surface area contributed by atoms with Gasteiger partial charge in [0.25, 0.3) is 5.69 Å². The molecule has 0 amide bonds. The van der Waals surface area contributed by atoms with Gasteiger partial charge in [-0.05, 0) is 28.7 Å². The van der Waals surface area contributed by atoms with Crippen molar-refractivity contribution in [3.63, 3.8) is 0 Å². The molecular formula is C17H15NO4. The van der Waals surface area contributed by atoms with E-state index < -0.39 is 10.9 Å². The summed E-state index contributed by atoms with van der Waals surface area (Å²) in [5.41, 5.74) is 3.21. The number of benzene rings is 2. The number of nitro benzene ring substituents is 1. The summed E-state index contributed by atoms with van der Waals surface area (Å²) in [5.74, 6) is -0.973. The van der Waals surface area contributed by atoms with Crippen LogP contribution in [-0.4, -0.2) is 16.0 Å². The summed E-state index contributed by atoms with van der Waals surface area (Å²) < 4.78 is 0. The third kappa shape index (κ3) is 3.58. The molecule has 0 spiro atoms. The summed E-state index contributed by atoms with van der Waals surface area (Å²) in [6.45, 7) is 1.89. The summed E-state index contributed by atoms with van der Waals surface area (Å²) in [6.07, 6.45) is 1.81. The highest BCUT2D eigenvalue weighted by atomic mass is 16.6. The smallest absolute Gasteiger partial charge is 0.328 e. The Morgan fingerprint density at radius 3 is 2.41 bits per heavy atom. The van der Waals surface area contributed by atoms with Crippen molar-refractivity contribution in [2.24, 2.45) is 0 Å². The highest BCUT2D eigenvalue weighted by Crippen LogP contribution is 2.26. The molecule has 0 aromatic heterocycles. The van der Waals surface area contributed by atoms with Crippen molar-refractivity contribution in [1.82, 2.24) is 0 Å². The van der Waals surface area contributed by atoms with Crippen LogP contribution < -0.4 is 0 Å². The van der Waals surface area contributed by atoms with Crippen LogP contribution in [0, 0.1) is 10.1 Å². The van der Waals surface area contributed by atoms with Gasteiger partial charge in [-0.25, -0.2) is 4.79 Å². The molecule has 2 rings (SSSR count). The maximum atomic E-state index is 10.8. The second-order valence-corrected chi connectivity index (χ2v) is 4.75. The maximum absolute atomic E-state index is 10.8. The lowest BCUT2D eigenvalue weighted by Crippen LogP contribution is -1.92. The summed E-state index contributed by atoms with van der Waals surface area (Å²) in [4.78, 5) is 21.2. The van der Waals surface area contributed by atoms with Crippen LogP contribution in [0.2, 0.25) is 0 Å². The van der Waals surface area contributed by atoms with Gasteiger partial charge in [-0.15, -0.1) is 0 Å². The molecule has 0 unspecified atom stereocenters. The predicted octanol–water partition coefficient (Wildman–Crippen LogP) is 4.14. The van der Waals surface area contributed by atoms with Gasteiger partial charge >= 0.3 is 5.97 Å². The molecule has 0 atom stereocenters. The number of rotatable bonds is 5. The lowest BCUT2D eigenvalue weighted by molar-refractivity contribution is -0.384. The quantitative estimate of drug-likeness (QED) is 0.511. The predicted molar refractivity (Wildman–Crippen MR) is 84.4 cm³/mol. The van der Waals surface area contributed by atoms with E-state index in [1.807, 2.05) is 31.2 Å². The van der Waals surface area contributed by atoms with Crippen LogP contribution in [0.15, 0.2) is 54.6 Å². The van der Waals surface area contributed by atoms with Gasteiger partial charge < -0.3 is 5.11 Å². The normalized spacial score (nSPS) is 11.2. The Kier molecular flexibility index (Phi) is 4.68. The Morgan fingerprint density at radius 1 is 1.18 bits per heavy atom. The van der Waals surface area contributed by atoms with Crippen molar-refractivity contribution in [1.29, 1.82) is 0 Å². The van der Waals surface area contributed by atoms with Crippen molar-refractivity contribution in [2.45, 2.75) is 13.3 Å². The average Bonchev–Trinajstić information content (AvgIpc) is 2.52. The number of hydrogen-bond donors (Lipinski definition) is 1. The number of carboxylic acid groups (broad SMARTS) is 1. The monoisotopic (exact) mass is 297 g/mol. The molecule has 0 fully saturated rings. The molecule has 1 N–H and O–H groups in total. The van der Waals surface area contributed by atoms with Crippen LogP contribution in [0.25, 0.3) is 16.7 Å². The summed E-state index contributed by atoms with van der Waals surface area (Å²) in [5, 5.41) is 19.7. The molecule has 0 radical (unpaired) electrons. The van der Waals surface area contributed by atoms with Crippen LogP contribution in [0.1, 0.15) is 18.9 Å². The number of aliphatic carboxylic acids is 1. The number of allylic oxidation sites excluding steroid dienone is 1. The van der Waals surface area contributed by atoms with Gasteiger partial charge in [-0.3, -0.25) is 10.1 Å². The van der Waals surface area contributed by atoms with E-state index in [4.69, 9.17) is 5.11 Å². The molecule has 0 aliphatic rings. The highest BCUT2D eigenvalue weighted by Gasteiger charge is 2.08. The molecule has 112 valence electrons. The van der Waals surface area contributed by atoms with Gasteiger partial charge in [-0.1, -0.05) is 43.3 Å². The summed E-state index contributed by atoms with van der Waals surface area (Å²) in [6, 6.07) is 13.7. The zero-order valence-electron chi connectivity index (χ0n) is 12.0. The van der Waals surface area contributed by atoms with Crippen molar-refractivity contribution in [2.75, 3.05) is 0 Å². The van der Waals surface area contributed by atoms with E-state index in [0.717, 1.165) is 22.3 Å². The summed E-state index contributed by atoms with van der Waals surface area (Å²) >= 11 is 0. The first kappa shape index (κ1) is 15.4. The van der Waals surface area contributed by atoms with E-state index in [0.29, 0.717) is 6.42 Å². The molecule has 5 nitrogen and oxygen atoms in total. The number of non-ortho nitro benzene ring substituents is 1. The van der Waals surface area contributed by atoms with Crippen LogP contribution in [0.5, 0.6) is 0 Å². The van der Waals surface area contributed by atoms with Crippen molar-refractivity contribution < 1.29 is 14.8 Å². The van der Waals surface area contributed by atoms with Crippen LogP contribution in [-0.2, 0) is 4.79 Å². The Morgan fingerprint density at radius 2 is 1.86 bits per heavy atom. The number of carboxylic acids is 1. The second kappa shape index (κ2) is 6.67. The van der Waals surface area contributed by atoms with Gasteiger partial charge in [0.1, 0.15) is 0 Å². The topological polar surface area (TPSA) is 80.4 Å². The average molecular weight is 297 g/mol. The Hall–Kier alpha value is -2.95. The third-order valence-corrected chi connectivity index (χ3v) is 3.32. The fourth-order valence-corrected chi connectivity index (χ4v) is 2.21. The molecule has 5 heteroatoms. The van der Waals surface area contributed by atoms with Crippen LogP contribution >= 0.6 is 0 Å². The minimum Gasteiger partial charge on any atom is -0.478 e. The first-order valence-electron chi connectivity index (χ1n) is 6.80. The fraction of sp³-hybridized carbons (Fsp3) is 0.118. The molecule has 2 aromatic carbocycles. The molecule has 0 aliphatic heterocycles. The first-order valence-corrected chi connectivity index (χ1v) is 6.80. The van der Waals surface area contributed by atoms with Crippen molar-refractivity contribution in [3.8, 4) is 11.1 Å². The van der Waals surface area contributed by atoms with E-state index >= 15 is 0 Å². The molecule has 0 saturated carbocycles. The summed E-state index contributed by atoms with van der Waals surface area (Å²) in [7, 11) is 0. The molecule has 0 bridgehead atoms.